The van der Waals surface area contributed by atoms with Crippen molar-refractivity contribution < 1.29 is 4.52 Å². The molecule has 148 valence electrons. The minimum absolute atomic E-state index is 0.470. The van der Waals surface area contributed by atoms with E-state index < -0.39 is 0 Å². The van der Waals surface area contributed by atoms with Gasteiger partial charge in [0.15, 0.2) is 5.65 Å². The molecule has 8 nitrogen and oxygen atoms in total. The first-order valence-corrected chi connectivity index (χ1v) is 10.4. The SMILES string of the molecule is Brc1cnn2c(NCc3ccc(-c4ncon4)cc3)cc(C3CCNCC3)nc12. The van der Waals surface area contributed by atoms with Gasteiger partial charge in [0, 0.05) is 29.8 Å². The van der Waals surface area contributed by atoms with E-state index in [0.29, 0.717) is 18.3 Å². The van der Waals surface area contributed by atoms with E-state index in [0.717, 1.165) is 58.7 Å². The fraction of sp³-hybridized carbons (Fsp3) is 0.300. The number of hydrogen-bond acceptors (Lipinski definition) is 7. The molecule has 4 heterocycles. The summed E-state index contributed by atoms with van der Waals surface area (Å²) in [5, 5.41) is 15.3. The molecule has 4 aromatic rings. The first-order valence-electron chi connectivity index (χ1n) is 9.62. The van der Waals surface area contributed by atoms with Crippen LogP contribution in [0.1, 0.15) is 30.0 Å². The molecule has 0 spiro atoms. The zero-order valence-corrected chi connectivity index (χ0v) is 17.3. The van der Waals surface area contributed by atoms with Crippen LogP contribution >= 0.6 is 15.9 Å². The molecule has 1 aromatic carbocycles. The third kappa shape index (κ3) is 3.75. The van der Waals surface area contributed by atoms with Gasteiger partial charge in [-0.1, -0.05) is 29.4 Å². The minimum atomic E-state index is 0.470. The quantitative estimate of drug-likeness (QED) is 0.476. The molecular weight excluding hydrogens is 434 g/mol. The zero-order chi connectivity index (χ0) is 19.6. The Hall–Kier alpha value is -2.78. The fourth-order valence-corrected chi connectivity index (χ4v) is 4.02. The van der Waals surface area contributed by atoms with Gasteiger partial charge in [0.2, 0.25) is 12.2 Å². The van der Waals surface area contributed by atoms with Crippen molar-refractivity contribution in [1.82, 2.24) is 30.1 Å². The summed E-state index contributed by atoms with van der Waals surface area (Å²) < 4.78 is 7.56. The summed E-state index contributed by atoms with van der Waals surface area (Å²) in [5.41, 5.74) is 4.04. The Kier molecular flexibility index (Phi) is 4.99. The van der Waals surface area contributed by atoms with E-state index in [9.17, 15) is 0 Å². The summed E-state index contributed by atoms with van der Waals surface area (Å²) in [7, 11) is 0. The van der Waals surface area contributed by atoms with Crippen molar-refractivity contribution in [3.63, 3.8) is 0 Å². The largest absolute Gasteiger partial charge is 0.366 e. The first-order chi connectivity index (χ1) is 14.3. The molecule has 1 saturated heterocycles. The molecule has 0 unspecified atom stereocenters. The average Bonchev–Trinajstić information content (AvgIpc) is 3.44. The predicted molar refractivity (Wildman–Crippen MR) is 113 cm³/mol. The molecule has 0 bridgehead atoms. The number of nitrogens with zero attached hydrogens (tertiary/aromatic N) is 5. The molecule has 0 saturated carbocycles. The molecule has 0 atom stereocenters. The first kappa shape index (κ1) is 18.3. The van der Waals surface area contributed by atoms with Crippen LogP contribution in [0, 0.1) is 0 Å². The molecular formula is C20H20BrN7O. The molecule has 0 radical (unpaired) electrons. The Balaban J connectivity index is 1.39. The Morgan fingerprint density at radius 2 is 2.03 bits per heavy atom. The molecule has 9 heteroatoms. The van der Waals surface area contributed by atoms with Crippen molar-refractivity contribution in [2.24, 2.45) is 0 Å². The second kappa shape index (κ2) is 7.92. The maximum Gasteiger partial charge on any atom is 0.214 e. The Labute approximate surface area is 175 Å². The second-order valence-electron chi connectivity index (χ2n) is 7.12. The highest BCUT2D eigenvalue weighted by molar-refractivity contribution is 9.10. The number of rotatable bonds is 5. The van der Waals surface area contributed by atoms with Crippen LogP contribution in [0.3, 0.4) is 0 Å². The topological polar surface area (TPSA) is 93.2 Å². The van der Waals surface area contributed by atoms with Crippen LogP contribution in [0.15, 0.2) is 51.9 Å². The van der Waals surface area contributed by atoms with Gasteiger partial charge in [-0.3, -0.25) is 0 Å². The Bertz CT molecular complexity index is 1100. The molecule has 0 aliphatic carbocycles. The highest BCUT2D eigenvalue weighted by Crippen LogP contribution is 2.29. The lowest BCUT2D eigenvalue weighted by atomic mass is 9.94. The molecule has 1 aliphatic rings. The second-order valence-corrected chi connectivity index (χ2v) is 7.98. The van der Waals surface area contributed by atoms with E-state index in [2.05, 4.69) is 60.0 Å². The van der Waals surface area contributed by atoms with Crippen molar-refractivity contribution in [3.05, 3.63) is 58.7 Å². The summed E-state index contributed by atoms with van der Waals surface area (Å²) in [5.74, 6) is 2.00. The lowest BCUT2D eigenvalue weighted by Crippen LogP contribution is -2.27. The van der Waals surface area contributed by atoms with Gasteiger partial charge in [-0.25, -0.2) is 4.98 Å². The van der Waals surface area contributed by atoms with Gasteiger partial charge in [-0.15, -0.1) is 0 Å². The van der Waals surface area contributed by atoms with Gasteiger partial charge in [-0.05, 0) is 47.4 Å². The monoisotopic (exact) mass is 453 g/mol. The molecule has 1 aliphatic heterocycles. The van der Waals surface area contributed by atoms with Gasteiger partial charge in [0.1, 0.15) is 5.82 Å². The summed E-state index contributed by atoms with van der Waals surface area (Å²) in [6, 6.07) is 10.2. The van der Waals surface area contributed by atoms with Gasteiger partial charge in [0.25, 0.3) is 0 Å². The van der Waals surface area contributed by atoms with Crippen LogP contribution < -0.4 is 10.6 Å². The lowest BCUT2D eigenvalue weighted by molar-refractivity contribution is 0.419. The smallest absolute Gasteiger partial charge is 0.214 e. The minimum Gasteiger partial charge on any atom is -0.366 e. The van der Waals surface area contributed by atoms with Crippen LogP contribution in [-0.2, 0) is 6.54 Å². The summed E-state index contributed by atoms with van der Waals surface area (Å²) in [6.07, 6.45) is 5.33. The number of piperidine rings is 1. The van der Waals surface area contributed by atoms with E-state index in [4.69, 9.17) is 9.51 Å². The van der Waals surface area contributed by atoms with Crippen molar-refractivity contribution in [3.8, 4) is 11.4 Å². The van der Waals surface area contributed by atoms with Gasteiger partial charge < -0.3 is 15.2 Å². The van der Waals surface area contributed by atoms with Crippen molar-refractivity contribution in [2.75, 3.05) is 18.4 Å². The van der Waals surface area contributed by atoms with Gasteiger partial charge in [0.05, 0.1) is 10.7 Å². The van der Waals surface area contributed by atoms with Crippen molar-refractivity contribution in [2.45, 2.75) is 25.3 Å². The van der Waals surface area contributed by atoms with Gasteiger partial charge in [-0.2, -0.15) is 14.6 Å². The third-order valence-electron chi connectivity index (χ3n) is 5.25. The number of anilines is 1. The lowest BCUT2D eigenvalue weighted by Gasteiger charge is -2.23. The van der Waals surface area contributed by atoms with Crippen molar-refractivity contribution in [1.29, 1.82) is 0 Å². The van der Waals surface area contributed by atoms with Gasteiger partial charge >= 0.3 is 0 Å². The maximum absolute atomic E-state index is 4.88. The molecule has 29 heavy (non-hydrogen) atoms. The van der Waals surface area contributed by atoms with Crippen LogP contribution in [0.25, 0.3) is 17.0 Å². The highest BCUT2D eigenvalue weighted by Gasteiger charge is 2.19. The maximum atomic E-state index is 4.88. The number of halogens is 1. The van der Waals surface area contributed by atoms with Crippen LogP contribution in [-0.4, -0.2) is 37.8 Å². The van der Waals surface area contributed by atoms with E-state index in [-0.39, 0.29) is 0 Å². The Morgan fingerprint density at radius 3 is 2.79 bits per heavy atom. The van der Waals surface area contributed by atoms with Crippen LogP contribution in [0.5, 0.6) is 0 Å². The fourth-order valence-electron chi connectivity index (χ4n) is 3.67. The standard InChI is InChI=1S/C20H20BrN7O/c21-16-11-25-28-18(9-17(26-20(16)28)14-5-7-22-8-6-14)23-10-13-1-3-15(4-2-13)19-24-12-29-27-19/h1-4,9,11-12,14,22-23H,5-8,10H2. The normalized spacial score (nSPS) is 15.1. The molecule has 5 rings (SSSR count). The van der Waals surface area contributed by atoms with E-state index in [1.54, 1.807) is 6.20 Å². The van der Waals surface area contributed by atoms with E-state index in [1.807, 2.05) is 16.6 Å². The summed E-state index contributed by atoms with van der Waals surface area (Å²) in [6.45, 7) is 2.75. The predicted octanol–water partition coefficient (Wildman–Crippen LogP) is 3.62. The number of benzene rings is 1. The summed E-state index contributed by atoms with van der Waals surface area (Å²) >= 11 is 3.58. The molecule has 1 fully saturated rings. The molecule has 2 N–H and O–H groups in total. The Morgan fingerprint density at radius 1 is 1.21 bits per heavy atom. The average molecular weight is 454 g/mol. The number of aromatic nitrogens is 5. The molecule has 0 amide bonds. The number of fused-ring (bicyclic) bond motifs is 1. The molecule has 3 aromatic heterocycles. The van der Waals surface area contributed by atoms with E-state index in [1.165, 1.54) is 6.39 Å². The highest BCUT2D eigenvalue weighted by atomic mass is 79.9. The number of hydrogen-bond donors (Lipinski definition) is 2. The zero-order valence-electron chi connectivity index (χ0n) is 15.7. The summed E-state index contributed by atoms with van der Waals surface area (Å²) in [4.78, 5) is 8.96. The van der Waals surface area contributed by atoms with E-state index >= 15 is 0 Å². The van der Waals surface area contributed by atoms with Crippen LogP contribution in [0.2, 0.25) is 0 Å². The van der Waals surface area contributed by atoms with Crippen molar-refractivity contribution >= 4 is 27.4 Å². The third-order valence-corrected chi connectivity index (χ3v) is 5.81. The number of nitrogens with one attached hydrogen (secondary N) is 2. The van der Waals surface area contributed by atoms with Crippen LogP contribution in [0.4, 0.5) is 5.82 Å².